The second kappa shape index (κ2) is 5.30. The fourth-order valence-corrected chi connectivity index (χ4v) is 3.86. The van der Waals surface area contributed by atoms with E-state index in [0.717, 1.165) is 27.4 Å². The molecule has 0 amide bonds. The highest BCUT2D eigenvalue weighted by atomic mass is 16.3. The molecule has 130 valence electrons. The summed E-state index contributed by atoms with van der Waals surface area (Å²) in [7, 11) is 0. The molecule has 0 radical (unpaired) electrons. The summed E-state index contributed by atoms with van der Waals surface area (Å²) in [6.45, 7) is 3.67. The van der Waals surface area contributed by atoms with Gasteiger partial charge in [0, 0.05) is 33.6 Å². The molecule has 2 aromatic heterocycles. The first kappa shape index (κ1) is 12.5. The number of rotatable bonds is 1. The number of aromatic nitrogens is 1. The molecule has 0 bridgehead atoms. The highest BCUT2D eigenvalue weighted by Gasteiger charge is 2.36. The van der Waals surface area contributed by atoms with Gasteiger partial charge in [-0.3, -0.25) is 5.01 Å². The standard InChI is InChI=1S/C20H21BN4O/c1-13-9-10-15-16-12-24(21(3)11-19(16)26-20(15)22-13)25-14(2)23(4)17-7-5-6-8-18(17)25/h5-12,14H,1-4H3/t14-/m0/s1/i4D3. The number of nitrogens with zero attached hydrogens (tertiary/aromatic N) is 4. The number of benzene rings is 1. The third-order valence-corrected chi connectivity index (χ3v) is 5.20. The molecule has 4 heterocycles. The van der Waals surface area contributed by atoms with Crippen LogP contribution in [0.5, 0.6) is 0 Å². The lowest BCUT2D eigenvalue weighted by Gasteiger charge is -2.40. The molecule has 3 aromatic rings. The summed E-state index contributed by atoms with van der Waals surface area (Å²) in [5.41, 5.74) is 3.91. The molecule has 0 aliphatic carbocycles. The molecule has 0 saturated heterocycles. The van der Waals surface area contributed by atoms with Crippen LogP contribution < -0.4 is 20.5 Å². The summed E-state index contributed by atoms with van der Waals surface area (Å²) in [4.78, 5) is 8.09. The fraction of sp³-hybridized carbons (Fsp3) is 0.250. The largest absolute Gasteiger partial charge is 0.439 e. The fourth-order valence-electron chi connectivity index (χ4n) is 3.86. The number of para-hydroxylation sites is 2. The van der Waals surface area contributed by atoms with Gasteiger partial charge in [-0.25, -0.2) is 4.98 Å². The van der Waals surface area contributed by atoms with Gasteiger partial charge in [0.15, 0.2) is 0 Å². The normalized spacial score (nSPS) is 20.9. The summed E-state index contributed by atoms with van der Waals surface area (Å²) in [6.07, 6.45) is 1.67. The van der Waals surface area contributed by atoms with Crippen LogP contribution in [0, 0.1) is 6.92 Å². The van der Waals surface area contributed by atoms with E-state index in [0.29, 0.717) is 11.4 Å². The van der Waals surface area contributed by atoms with Crippen molar-refractivity contribution in [1.29, 1.82) is 0 Å². The van der Waals surface area contributed by atoms with Crippen molar-refractivity contribution in [3.8, 4) is 0 Å². The van der Waals surface area contributed by atoms with Gasteiger partial charge in [-0.2, -0.15) is 0 Å². The van der Waals surface area contributed by atoms with Gasteiger partial charge in [0.1, 0.15) is 11.6 Å². The lowest BCUT2D eigenvalue weighted by atomic mass is 9.63. The van der Waals surface area contributed by atoms with Gasteiger partial charge in [-0.05, 0) is 44.1 Å². The summed E-state index contributed by atoms with van der Waals surface area (Å²) < 4.78 is 30.1. The Morgan fingerprint density at radius 2 is 2.00 bits per heavy atom. The molecule has 0 saturated carbocycles. The molecule has 6 heteroatoms. The average Bonchev–Trinajstić information content (AvgIpc) is 3.13. The SMILES string of the molecule is [2H]C([2H])([2H])N1c2ccccc2N(N2C=c3c(oc4nc(C)ccc34)=CB2C)[C@H]1C. The van der Waals surface area contributed by atoms with Crippen LogP contribution in [0.4, 0.5) is 11.4 Å². The van der Waals surface area contributed by atoms with Gasteiger partial charge in [-0.15, -0.1) is 0 Å². The summed E-state index contributed by atoms with van der Waals surface area (Å²) in [5, 5.41) is 3.96. The molecule has 26 heavy (non-hydrogen) atoms. The Hall–Kier alpha value is -2.89. The minimum Gasteiger partial charge on any atom is -0.439 e. The van der Waals surface area contributed by atoms with Gasteiger partial charge in [0.25, 0.3) is 0 Å². The van der Waals surface area contributed by atoms with Crippen molar-refractivity contribution < 1.29 is 8.53 Å². The topological polar surface area (TPSA) is 35.8 Å². The maximum absolute atomic E-state index is 8.04. The Labute approximate surface area is 157 Å². The predicted molar refractivity (Wildman–Crippen MR) is 107 cm³/mol. The molecule has 0 N–H and O–H groups in total. The Balaban J connectivity index is 1.69. The summed E-state index contributed by atoms with van der Waals surface area (Å²) >= 11 is 0. The van der Waals surface area contributed by atoms with Crippen molar-refractivity contribution in [3.05, 3.63) is 52.7 Å². The van der Waals surface area contributed by atoms with Crippen LogP contribution in [0.3, 0.4) is 0 Å². The van der Waals surface area contributed by atoms with E-state index in [2.05, 4.69) is 22.7 Å². The average molecular weight is 347 g/mol. The Morgan fingerprint density at radius 1 is 1.19 bits per heavy atom. The van der Waals surface area contributed by atoms with Crippen LogP contribution >= 0.6 is 0 Å². The number of hydrogen-bond donors (Lipinski definition) is 0. The summed E-state index contributed by atoms with van der Waals surface area (Å²) in [5.74, 6) is 2.06. The van der Waals surface area contributed by atoms with Crippen molar-refractivity contribution in [3.63, 3.8) is 0 Å². The van der Waals surface area contributed by atoms with Crippen LogP contribution in [-0.2, 0) is 0 Å². The Kier molecular flexibility index (Phi) is 2.54. The van der Waals surface area contributed by atoms with E-state index in [1.54, 1.807) is 0 Å². The third kappa shape index (κ3) is 2.01. The van der Waals surface area contributed by atoms with Crippen molar-refractivity contribution in [1.82, 2.24) is 9.90 Å². The third-order valence-electron chi connectivity index (χ3n) is 5.20. The first-order valence-electron chi connectivity index (χ1n) is 10.3. The van der Waals surface area contributed by atoms with E-state index < -0.39 is 6.98 Å². The molecule has 2 aliphatic rings. The van der Waals surface area contributed by atoms with Crippen molar-refractivity contribution in [2.75, 3.05) is 16.9 Å². The molecule has 2 aliphatic heterocycles. The second-order valence-corrected chi connectivity index (χ2v) is 6.94. The van der Waals surface area contributed by atoms with Crippen LogP contribution in [0.1, 0.15) is 16.7 Å². The van der Waals surface area contributed by atoms with Crippen molar-refractivity contribution in [2.24, 2.45) is 0 Å². The first-order valence-corrected chi connectivity index (χ1v) is 8.81. The van der Waals surface area contributed by atoms with E-state index >= 15 is 0 Å². The van der Waals surface area contributed by atoms with Crippen LogP contribution in [0.15, 0.2) is 40.8 Å². The number of hydrazine groups is 1. The highest BCUT2D eigenvalue weighted by molar-refractivity contribution is 6.70. The monoisotopic (exact) mass is 347 g/mol. The zero-order valence-electron chi connectivity index (χ0n) is 18.0. The van der Waals surface area contributed by atoms with E-state index in [1.807, 2.05) is 61.5 Å². The molecule has 0 unspecified atom stereocenters. The first-order chi connectivity index (χ1) is 13.8. The van der Waals surface area contributed by atoms with E-state index in [4.69, 9.17) is 8.53 Å². The van der Waals surface area contributed by atoms with Crippen molar-refractivity contribution in [2.45, 2.75) is 26.8 Å². The smallest absolute Gasteiger partial charge is 0.306 e. The Bertz CT molecular complexity index is 1240. The Morgan fingerprint density at radius 3 is 2.81 bits per heavy atom. The maximum atomic E-state index is 8.04. The zero-order valence-corrected chi connectivity index (χ0v) is 15.0. The number of furan rings is 1. The van der Waals surface area contributed by atoms with Crippen molar-refractivity contribution >= 4 is 41.5 Å². The van der Waals surface area contributed by atoms with Crippen LogP contribution in [0.25, 0.3) is 23.3 Å². The molecule has 1 aromatic carbocycles. The molecular formula is C20H21BN4O. The molecule has 5 nitrogen and oxygen atoms in total. The number of fused-ring (bicyclic) bond motifs is 4. The lowest BCUT2D eigenvalue weighted by Crippen LogP contribution is -2.55. The predicted octanol–water partition coefficient (Wildman–Crippen LogP) is 2.35. The van der Waals surface area contributed by atoms with Gasteiger partial charge in [0.05, 0.1) is 11.4 Å². The van der Waals surface area contributed by atoms with Gasteiger partial charge < -0.3 is 14.2 Å². The molecule has 0 fully saturated rings. The lowest BCUT2D eigenvalue weighted by molar-refractivity contribution is 0.489. The molecule has 1 atom stereocenters. The maximum Gasteiger partial charge on any atom is 0.306 e. The minimum absolute atomic E-state index is 0.0174. The number of anilines is 2. The minimum atomic E-state index is -2.23. The molecule has 5 rings (SSSR count). The quantitative estimate of drug-likeness (QED) is 0.632. The van der Waals surface area contributed by atoms with Gasteiger partial charge in [0.2, 0.25) is 5.71 Å². The molecular weight excluding hydrogens is 323 g/mol. The van der Waals surface area contributed by atoms with E-state index in [9.17, 15) is 0 Å². The van der Waals surface area contributed by atoms with Gasteiger partial charge in [-0.1, -0.05) is 19.0 Å². The molecule has 0 spiro atoms. The highest BCUT2D eigenvalue weighted by Crippen LogP contribution is 2.39. The van der Waals surface area contributed by atoms with Crippen LogP contribution in [-0.4, -0.2) is 29.9 Å². The van der Waals surface area contributed by atoms with Crippen LogP contribution in [0.2, 0.25) is 6.82 Å². The number of pyridine rings is 1. The summed E-state index contributed by atoms with van der Waals surface area (Å²) in [6, 6.07) is 11.6. The number of aryl methyl sites for hydroxylation is 1. The zero-order chi connectivity index (χ0) is 20.5. The van der Waals surface area contributed by atoms with Gasteiger partial charge >= 0.3 is 6.85 Å². The van der Waals surface area contributed by atoms with E-state index in [-0.39, 0.29) is 13.0 Å². The van der Waals surface area contributed by atoms with E-state index in [1.165, 1.54) is 4.90 Å². The second-order valence-electron chi connectivity index (χ2n) is 6.94. The number of hydrogen-bond acceptors (Lipinski definition) is 5.